The van der Waals surface area contributed by atoms with Gasteiger partial charge in [-0.1, -0.05) is 43.2 Å². The van der Waals surface area contributed by atoms with Crippen molar-refractivity contribution in [2.75, 3.05) is 5.75 Å². The maximum atomic E-state index is 12.6. The van der Waals surface area contributed by atoms with E-state index in [1.165, 1.54) is 0 Å². The minimum atomic E-state index is -0.904. The van der Waals surface area contributed by atoms with E-state index in [0.717, 1.165) is 24.0 Å². The van der Waals surface area contributed by atoms with E-state index in [4.69, 9.17) is 0 Å². The average molecular weight is 307 g/mol. The molecule has 2 unspecified atom stereocenters. The largest absolute Gasteiger partial charge is 0.480 e. The summed E-state index contributed by atoms with van der Waals surface area (Å²) in [6, 6.07) is 7.11. The Hall–Kier alpha value is -1.49. The number of nitrogens with zero attached hydrogens (tertiary/aromatic N) is 1. The number of thioether (sulfide) groups is 1. The Morgan fingerprint density at radius 3 is 2.81 bits per heavy atom. The highest BCUT2D eigenvalue weighted by molar-refractivity contribution is 8.00. The summed E-state index contributed by atoms with van der Waals surface area (Å²) in [4.78, 5) is 25.5. The molecule has 0 aromatic heterocycles. The molecule has 1 saturated heterocycles. The number of amides is 1. The molecule has 0 aliphatic carbocycles. The van der Waals surface area contributed by atoms with Crippen LogP contribution in [0.2, 0.25) is 0 Å². The highest BCUT2D eigenvalue weighted by Gasteiger charge is 2.40. The Kier molecular flexibility index (Phi) is 5.28. The van der Waals surface area contributed by atoms with Gasteiger partial charge < -0.3 is 10.0 Å². The molecule has 0 radical (unpaired) electrons. The van der Waals surface area contributed by atoms with Crippen LogP contribution in [0.25, 0.3) is 0 Å². The molecule has 1 fully saturated rings. The lowest BCUT2D eigenvalue weighted by Gasteiger charge is -2.27. The summed E-state index contributed by atoms with van der Waals surface area (Å²) in [7, 11) is 0. The Balaban J connectivity index is 2.14. The Labute approximate surface area is 129 Å². The predicted octanol–water partition coefficient (Wildman–Crippen LogP) is 2.69. The SMILES string of the molecule is CCCC1SCC(C(=O)O)N1C(=O)Cc1cccc(C)c1. The highest BCUT2D eigenvalue weighted by Crippen LogP contribution is 2.32. The van der Waals surface area contributed by atoms with Gasteiger partial charge in [0, 0.05) is 5.75 Å². The summed E-state index contributed by atoms with van der Waals surface area (Å²) in [6.07, 6.45) is 2.05. The Bertz CT molecular complexity index is 532. The number of rotatable bonds is 5. The second-order valence-electron chi connectivity index (χ2n) is 5.40. The molecule has 1 aliphatic rings. The summed E-state index contributed by atoms with van der Waals surface area (Å²) in [5.41, 5.74) is 2.05. The van der Waals surface area contributed by atoms with E-state index in [1.54, 1.807) is 16.7 Å². The molecule has 1 heterocycles. The molecule has 1 N–H and O–H groups in total. The van der Waals surface area contributed by atoms with Crippen LogP contribution in [0.3, 0.4) is 0 Å². The molecule has 1 aromatic rings. The number of aliphatic carboxylic acids is 1. The third-order valence-electron chi connectivity index (χ3n) is 3.64. The molecular weight excluding hydrogens is 286 g/mol. The van der Waals surface area contributed by atoms with Crippen molar-refractivity contribution in [1.82, 2.24) is 4.90 Å². The number of benzene rings is 1. The second-order valence-corrected chi connectivity index (χ2v) is 6.61. The summed E-state index contributed by atoms with van der Waals surface area (Å²) >= 11 is 1.58. The third-order valence-corrected chi connectivity index (χ3v) is 4.99. The fourth-order valence-corrected chi connectivity index (χ4v) is 4.18. The molecule has 1 aliphatic heterocycles. The van der Waals surface area contributed by atoms with Crippen LogP contribution in [0, 0.1) is 6.92 Å². The molecule has 2 atom stereocenters. The van der Waals surface area contributed by atoms with E-state index in [9.17, 15) is 14.7 Å². The average Bonchev–Trinajstić information content (AvgIpc) is 2.83. The topological polar surface area (TPSA) is 57.6 Å². The fraction of sp³-hybridized carbons (Fsp3) is 0.500. The van der Waals surface area contributed by atoms with Gasteiger partial charge in [-0.3, -0.25) is 4.79 Å². The van der Waals surface area contributed by atoms with Gasteiger partial charge in [0.15, 0.2) is 0 Å². The van der Waals surface area contributed by atoms with E-state index >= 15 is 0 Å². The monoisotopic (exact) mass is 307 g/mol. The van der Waals surface area contributed by atoms with E-state index in [0.29, 0.717) is 5.75 Å². The van der Waals surface area contributed by atoms with Gasteiger partial charge in [-0.05, 0) is 18.9 Å². The van der Waals surface area contributed by atoms with E-state index < -0.39 is 12.0 Å². The summed E-state index contributed by atoms with van der Waals surface area (Å²) in [6.45, 7) is 4.04. The van der Waals surface area contributed by atoms with Gasteiger partial charge in [-0.2, -0.15) is 0 Å². The first-order valence-electron chi connectivity index (χ1n) is 7.24. The molecule has 114 valence electrons. The van der Waals surface area contributed by atoms with Crippen molar-refractivity contribution in [1.29, 1.82) is 0 Å². The van der Waals surface area contributed by atoms with Gasteiger partial charge in [0.25, 0.3) is 0 Å². The summed E-state index contributed by atoms with van der Waals surface area (Å²) in [5, 5.41) is 9.32. The highest BCUT2D eigenvalue weighted by atomic mass is 32.2. The summed E-state index contributed by atoms with van der Waals surface area (Å²) < 4.78 is 0. The van der Waals surface area contributed by atoms with E-state index in [-0.39, 0.29) is 17.7 Å². The number of hydrogen-bond donors (Lipinski definition) is 1. The van der Waals surface area contributed by atoms with E-state index in [1.807, 2.05) is 31.2 Å². The van der Waals surface area contributed by atoms with Crippen LogP contribution in [-0.4, -0.2) is 39.1 Å². The van der Waals surface area contributed by atoms with Crippen LogP contribution in [0.15, 0.2) is 24.3 Å². The fourth-order valence-electron chi connectivity index (χ4n) is 2.65. The molecule has 5 heteroatoms. The maximum absolute atomic E-state index is 12.6. The van der Waals surface area contributed by atoms with Gasteiger partial charge in [-0.25, -0.2) is 4.79 Å². The minimum absolute atomic E-state index is 0.00610. The lowest BCUT2D eigenvalue weighted by molar-refractivity contribution is -0.148. The standard InChI is InChI=1S/C16H21NO3S/c1-3-5-15-17(13(10-21-15)16(19)20)14(18)9-12-7-4-6-11(2)8-12/h4,6-8,13,15H,3,5,9-10H2,1-2H3,(H,19,20). The number of carboxylic acids is 1. The first-order chi connectivity index (χ1) is 10.0. The van der Waals surface area contributed by atoms with Crippen LogP contribution < -0.4 is 0 Å². The second kappa shape index (κ2) is 6.98. The normalized spacial score (nSPS) is 21.5. The van der Waals surface area contributed by atoms with Gasteiger partial charge in [-0.15, -0.1) is 11.8 Å². The van der Waals surface area contributed by atoms with Crippen molar-refractivity contribution >= 4 is 23.6 Å². The third kappa shape index (κ3) is 3.79. The van der Waals surface area contributed by atoms with Crippen LogP contribution >= 0.6 is 11.8 Å². The number of carbonyl (C=O) groups excluding carboxylic acids is 1. The lowest BCUT2D eigenvalue weighted by Crippen LogP contribution is -2.46. The summed E-state index contributed by atoms with van der Waals surface area (Å²) in [5.74, 6) is -0.505. The number of aryl methyl sites for hydroxylation is 1. The van der Waals surface area contributed by atoms with Gasteiger partial charge >= 0.3 is 5.97 Å². The molecule has 0 saturated carbocycles. The first kappa shape index (κ1) is 15.9. The van der Waals surface area contributed by atoms with Crippen molar-refractivity contribution in [3.8, 4) is 0 Å². The molecule has 0 spiro atoms. The van der Waals surface area contributed by atoms with Crippen LogP contribution in [0.1, 0.15) is 30.9 Å². The number of carboxylic acid groups (broad SMARTS) is 1. The van der Waals surface area contributed by atoms with Crippen molar-refractivity contribution in [3.63, 3.8) is 0 Å². The van der Waals surface area contributed by atoms with Crippen molar-refractivity contribution in [2.24, 2.45) is 0 Å². The molecule has 1 amide bonds. The lowest BCUT2D eigenvalue weighted by atomic mass is 10.1. The molecule has 2 rings (SSSR count). The zero-order chi connectivity index (χ0) is 15.4. The number of carbonyl (C=O) groups is 2. The van der Waals surface area contributed by atoms with Crippen LogP contribution in [0.4, 0.5) is 0 Å². The Morgan fingerprint density at radius 2 is 2.19 bits per heavy atom. The number of hydrogen-bond acceptors (Lipinski definition) is 3. The Morgan fingerprint density at radius 1 is 1.43 bits per heavy atom. The van der Waals surface area contributed by atoms with Gasteiger partial charge in [0.1, 0.15) is 6.04 Å². The van der Waals surface area contributed by atoms with Crippen molar-refractivity contribution in [2.45, 2.75) is 44.5 Å². The quantitative estimate of drug-likeness (QED) is 0.908. The molecular formula is C16H21NO3S. The van der Waals surface area contributed by atoms with E-state index in [2.05, 4.69) is 6.92 Å². The molecule has 1 aromatic carbocycles. The smallest absolute Gasteiger partial charge is 0.327 e. The van der Waals surface area contributed by atoms with Crippen molar-refractivity contribution in [3.05, 3.63) is 35.4 Å². The molecule has 21 heavy (non-hydrogen) atoms. The predicted molar refractivity (Wildman–Crippen MR) is 84.3 cm³/mol. The zero-order valence-electron chi connectivity index (χ0n) is 12.4. The maximum Gasteiger partial charge on any atom is 0.327 e. The molecule has 0 bridgehead atoms. The van der Waals surface area contributed by atoms with Crippen molar-refractivity contribution < 1.29 is 14.7 Å². The van der Waals surface area contributed by atoms with Gasteiger partial charge in [0.05, 0.1) is 11.8 Å². The first-order valence-corrected chi connectivity index (χ1v) is 8.29. The van der Waals surface area contributed by atoms with Crippen LogP contribution in [0.5, 0.6) is 0 Å². The molecule has 4 nitrogen and oxygen atoms in total. The minimum Gasteiger partial charge on any atom is -0.480 e. The van der Waals surface area contributed by atoms with Crippen LogP contribution in [-0.2, 0) is 16.0 Å². The van der Waals surface area contributed by atoms with Gasteiger partial charge in [0.2, 0.25) is 5.91 Å². The zero-order valence-corrected chi connectivity index (χ0v) is 13.2.